The van der Waals surface area contributed by atoms with E-state index < -0.39 is 0 Å². The standard InChI is InChI=1S/C22H23NO3/c23-17-19-9-7-18(8-10-19)5-1-3-15-24-20-11-13-21(14-12-20)26-22-6-2-4-16-25-22/h3,7-15,22H,1-2,4-6,16H2. The number of allylic oxidation sites excluding steroid dienone is 1. The van der Waals surface area contributed by atoms with Crippen LogP contribution in [0, 0.1) is 11.3 Å². The van der Waals surface area contributed by atoms with E-state index in [1.54, 1.807) is 6.26 Å². The number of nitriles is 1. The molecule has 0 amide bonds. The van der Waals surface area contributed by atoms with E-state index in [0.29, 0.717) is 5.56 Å². The second-order valence-electron chi connectivity index (χ2n) is 6.22. The number of nitrogens with zero attached hydrogens (tertiary/aromatic N) is 1. The van der Waals surface area contributed by atoms with Crippen molar-refractivity contribution in [3.63, 3.8) is 0 Å². The maximum atomic E-state index is 8.79. The molecule has 0 saturated carbocycles. The van der Waals surface area contributed by atoms with Gasteiger partial charge in [-0.15, -0.1) is 0 Å². The first-order valence-electron chi connectivity index (χ1n) is 9.02. The van der Waals surface area contributed by atoms with Crippen LogP contribution in [0.25, 0.3) is 0 Å². The highest BCUT2D eigenvalue weighted by Crippen LogP contribution is 2.22. The summed E-state index contributed by atoms with van der Waals surface area (Å²) in [5, 5.41) is 8.79. The van der Waals surface area contributed by atoms with Crippen molar-refractivity contribution in [2.24, 2.45) is 0 Å². The minimum Gasteiger partial charge on any atom is -0.465 e. The van der Waals surface area contributed by atoms with Gasteiger partial charge in [0, 0.05) is 6.42 Å². The van der Waals surface area contributed by atoms with Gasteiger partial charge >= 0.3 is 0 Å². The lowest BCUT2D eigenvalue weighted by atomic mass is 10.1. The first kappa shape index (κ1) is 18.0. The van der Waals surface area contributed by atoms with Gasteiger partial charge in [-0.25, -0.2) is 0 Å². The number of hydrogen-bond acceptors (Lipinski definition) is 4. The lowest BCUT2D eigenvalue weighted by Crippen LogP contribution is -2.24. The van der Waals surface area contributed by atoms with Crippen molar-refractivity contribution in [1.82, 2.24) is 0 Å². The molecule has 0 bridgehead atoms. The lowest BCUT2D eigenvalue weighted by Gasteiger charge is -2.23. The van der Waals surface area contributed by atoms with Gasteiger partial charge in [0.2, 0.25) is 0 Å². The molecule has 1 heterocycles. The van der Waals surface area contributed by atoms with Crippen LogP contribution in [0.5, 0.6) is 11.5 Å². The molecular formula is C22H23NO3. The van der Waals surface area contributed by atoms with Crippen molar-refractivity contribution in [1.29, 1.82) is 5.26 Å². The molecule has 2 aromatic carbocycles. The second kappa shape index (κ2) is 9.65. The van der Waals surface area contributed by atoms with Crippen LogP contribution in [0.2, 0.25) is 0 Å². The third kappa shape index (κ3) is 5.65. The molecule has 4 nitrogen and oxygen atoms in total. The van der Waals surface area contributed by atoms with Gasteiger partial charge in [0.05, 0.1) is 24.5 Å². The summed E-state index contributed by atoms with van der Waals surface area (Å²) in [5.41, 5.74) is 1.90. The van der Waals surface area contributed by atoms with Crippen LogP contribution in [0.3, 0.4) is 0 Å². The van der Waals surface area contributed by atoms with Crippen LogP contribution in [0.1, 0.15) is 36.8 Å². The van der Waals surface area contributed by atoms with Gasteiger partial charge in [0.15, 0.2) is 6.29 Å². The highest BCUT2D eigenvalue weighted by molar-refractivity contribution is 5.32. The molecule has 0 aromatic heterocycles. The van der Waals surface area contributed by atoms with Gasteiger partial charge in [-0.1, -0.05) is 12.1 Å². The summed E-state index contributed by atoms with van der Waals surface area (Å²) < 4.78 is 17.0. The maximum absolute atomic E-state index is 8.79. The maximum Gasteiger partial charge on any atom is 0.199 e. The van der Waals surface area contributed by atoms with Crippen molar-refractivity contribution in [3.8, 4) is 17.6 Å². The Morgan fingerprint density at radius 1 is 1.04 bits per heavy atom. The number of hydrogen-bond donors (Lipinski definition) is 0. The third-order valence-corrected chi connectivity index (χ3v) is 4.21. The zero-order valence-corrected chi connectivity index (χ0v) is 14.8. The molecule has 4 heteroatoms. The van der Waals surface area contributed by atoms with Crippen molar-refractivity contribution in [2.45, 2.75) is 38.4 Å². The number of benzene rings is 2. The Morgan fingerprint density at radius 3 is 2.50 bits per heavy atom. The largest absolute Gasteiger partial charge is 0.465 e. The van der Waals surface area contributed by atoms with Gasteiger partial charge in [-0.2, -0.15) is 5.26 Å². The predicted octanol–water partition coefficient (Wildman–Crippen LogP) is 4.99. The Kier molecular flexibility index (Phi) is 6.69. The van der Waals surface area contributed by atoms with E-state index in [4.69, 9.17) is 19.5 Å². The smallest absolute Gasteiger partial charge is 0.199 e. The van der Waals surface area contributed by atoms with Crippen LogP contribution in [-0.2, 0) is 11.2 Å². The van der Waals surface area contributed by atoms with Crippen molar-refractivity contribution >= 4 is 0 Å². The molecule has 1 unspecified atom stereocenters. The van der Waals surface area contributed by atoms with Crippen LogP contribution < -0.4 is 9.47 Å². The van der Waals surface area contributed by atoms with Gasteiger partial charge < -0.3 is 14.2 Å². The molecule has 26 heavy (non-hydrogen) atoms. The van der Waals surface area contributed by atoms with E-state index in [9.17, 15) is 0 Å². The van der Waals surface area contributed by atoms with Gasteiger partial charge in [-0.3, -0.25) is 0 Å². The Labute approximate surface area is 154 Å². The van der Waals surface area contributed by atoms with E-state index in [1.807, 2.05) is 54.6 Å². The summed E-state index contributed by atoms with van der Waals surface area (Å²) in [4.78, 5) is 0. The predicted molar refractivity (Wildman–Crippen MR) is 99.9 cm³/mol. The normalized spacial score (nSPS) is 17.0. The summed E-state index contributed by atoms with van der Waals surface area (Å²) in [6, 6.07) is 17.4. The van der Waals surface area contributed by atoms with Crippen LogP contribution in [0.15, 0.2) is 60.9 Å². The second-order valence-corrected chi connectivity index (χ2v) is 6.22. The highest BCUT2D eigenvalue weighted by atomic mass is 16.7. The number of aryl methyl sites for hydroxylation is 1. The van der Waals surface area contributed by atoms with E-state index in [0.717, 1.165) is 50.2 Å². The topological polar surface area (TPSA) is 51.5 Å². The zero-order chi connectivity index (χ0) is 18.0. The molecule has 1 saturated heterocycles. The quantitative estimate of drug-likeness (QED) is 0.661. The average molecular weight is 349 g/mol. The Balaban J connectivity index is 1.39. The fourth-order valence-corrected chi connectivity index (χ4v) is 2.74. The Bertz CT molecular complexity index is 738. The molecule has 0 aliphatic carbocycles. The molecule has 1 aliphatic heterocycles. The molecule has 0 radical (unpaired) electrons. The zero-order valence-electron chi connectivity index (χ0n) is 14.8. The fraction of sp³-hybridized carbons (Fsp3) is 0.318. The fourth-order valence-electron chi connectivity index (χ4n) is 2.74. The Hall–Kier alpha value is -2.77. The first-order chi connectivity index (χ1) is 12.8. The van der Waals surface area contributed by atoms with E-state index in [-0.39, 0.29) is 6.29 Å². The molecular weight excluding hydrogens is 326 g/mol. The minimum atomic E-state index is -0.127. The molecule has 2 aromatic rings. The average Bonchev–Trinajstić information content (AvgIpc) is 2.70. The minimum absolute atomic E-state index is 0.127. The molecule has 1 aliphatic rings. The summed E-state index contributed by atoms with van der Waals surface area (Å²) in [6.45, 7) is 0.777. The molecule has 1 fully saturated rings. The molecule has 0 N–H and O–H groups in total. The summed E-state index contributed by atoms with van der Waals surface area (Å²) in [7, 11) is 0. The van der Waals surface area contributed by atoms with E-state index >= 15 is 0 Å². The summed E-state index contributed by atoms with van der Waals surface area (Å²) in [6.07, 6.45) is 8.59. The van der Waals surface area contributed by atoms with Crippen molar-refractivity contribution < 1.29 is 14.2 Å². The van der Waals surface area contributed by atoms with Gasteiger partial charge in [-0.05, 0) is 73.7 Å². The highest BCUT2D eigenvalue weighted by Gasteiger charge is 2.14. The molecule has 134 valence electrons. The Morgan fingerprint density at radius 2 is 1.81 bits per heavy atom. The van der Waals surface area contributed by atoms with Crippen LogP contribution >= 0.6 is 0 Å². The van der Waals surface area contributed by atoms with Gasteiger partial charge in [0.1, 0.15) is 11.5 Å². The lowest BCUT2D eigenvalue weighted by molar-refractivity contribution is -0.105. The van der Waals surface area contributed by atoms with Crippen LogP contribution in [0.4, 0.5) is 0 Å². The number of rotatable bonds is 7. The molecule has 1 atom stereocenters. The monoisotopic (exact) mass is 349 g/mol. The summed E-state index contributed by atoms with van der Waals surface area (Å²) >= 11 is 0. The van der Waals surface area contributed by atoms with E-state index in [1.165, 1.54) is 5.56 Å². The molecule has 3 rings (SSSR count). The van der Waals surface area contributed by atoms with Crippen LogP contribution in [-0.4, -0.2) is 12.9 Å². The summed E-state index contributed by atoms with van der Waals surface area (Å²) in [5.74, 6) is 1.57. The van der Waals surface area contributed by atoms with Crippen molar-refractivity contribution in [2.75, 3.05) is 6.61 Å². The number of ether oxygens (including phenoxy) is 3. The van der Waals surface area contributed by atoms with Crippen molar-refractivity contribution in [3.05, 3.63) is 72.0 Å². The first-order valence-corrected chi connectivity index (χ1v) is 9.02. The molecule has 0 spiro atoms. The van der Waals surface area contributed by atoms with E-state index in [2.05, 4.69) is 6.07 Å². The third-order valence-electron chi connectivity index (χ3n) is 4.21. The SMILES string of the molecule is N#Cc1ccc(CCC=COc2ccc(OC3CCCCO3)cc2)cc1. The van der Waals surface area contributed by atoms with Gasteiger partial charge in [0.25, 0.3) is 0 Å².